The molecule has 1 aromatic heterocycles. The van der Waals surface area contributed by atoms with E-state index in [9.17, 15) is 4.79 Å². The maximum atomic E-state index is 11.4. The third kappa shape index (κ3) is 4.07. The number of thioether (sulfide) groups is 1. The van der Waals surface area contributed by atoms with Crippen molar-refractivity contribution in [3.8, 4) is 0 Å². The van der Waals surface area contributed by atoms with E-state index in [0.29, 0.717) is 60.1 Å². The summed E-state index contributed by atoms with van der Waals surface area (Å²) < 4.78 is 13.2. The molecule has 3 heterocycles. The number of allylic oxidation sites excluding steroid dienone is 1. The molecule has 1 amide bonds. The van der Waals surface area contributed by atoms with Crippen LogP contribution in [-0.4, -0.2) is 45.8 Å². The van der Waals surface area contributed by atoms with E-state index in [1.54, 1.807) is 0 Å². The Hall–Kier alpha value is -2.81. The fraction of sp³-hybridized carbons (Fsp3) is 0.429. The number of nitrogens with zero attached hydrogens (tertiary/aromatic N) is 3. The van der Waals surface area contributed by atoms with E-state index >= 15 is 0 Å². The van der Waals surface area contributed by atoms with Gasteiger partial charge in [-0.1, -0.05) is 25.3 Å². The Morgan fingerprint density at radius 2 is 2.17 bits per heavy atom. The third-order valence-electron chi connectivity index (χ3n) is 5.23. The summed E-state index contributed by atoms with van der Waals surface area (Å²) in [6.45, 7) is 7.64. The summed E-state index contributed by atoms with van der Waals surface area (Å²) in [7, 11) is 0. The monoisotopic (exact) mass is 427 g/mol. The van der Waals surface area contributed by atoms with Crippen molar-refractivity contribution in [2.45, 2.75) is 43.1 Å². The van der Waals surface area contributed by atoms with Gasteiger partial charge in [-0.25, -0.2) is 9.98 Å². The van der Waals surface area contributed by atoms with Crippen molar-refractivity contribution < 1.29 is 14.3 Å². The summed E-state index contributed by atoms with van der Waals surface area (Å²) in [6.07, 6.45) is 7.43. The minimum absolute atomic E-state index is 0.106. The van der Waals surface area contributed by atoms with Gasteiger partial charge in [-0.15, -0.1) is 0 Å². The zero-order valence-electron chi connectivity index (χ0n) is 16.9. The minimum Gasteiger partial charge on any atom is -0.486 e. The van der Waals surface area contributed by atoms with Gasteiger partial charge in [0.05, 0.1) is 11.0 Å². The van der Waals surface area contributed by atoms with E-state index in [1.807, 2.05) is 22.9 Å². The first-order valence-corrected chi connectivity index (χ1v) is 10.9. The Labute approximate surface area is 179 Å². The van der Waals surface area contributed by atoms with Gasteiger partial charge >= 0.3 is 0 Å². The lowest BCUT2D eigenvalue weighted by atomic mass is 10.0. The number of nitrogens with one attached hydrogen (secondary N) is 1. The van der Waals surface area contributed by atoms with Crippen molar-refractivity contribution in [3.63, 3.8) is 0 Å². The summed E-state index contributed by atoms with van der Waals surface area (Å²) >= 11 is 1.49. The smallest absolute Gasteiger partial charge is 0.219 e. The Kier molecular flexibility index (Phi) is 5.80. The molecule has 1 aromatic rings. The number of aromatic nitrogens is 2. The number of amides is 1. The van der Waals surface area contributed by atoms with Crippen molar-refractivity contribution in [1.29, 1.82) is 5.41 Å². The molecule has 0 aromatic carbocycles. The topological polar surface area (TPSA) is 116 Å². The molecular weight excluding hydrogens is 402 g/mol. The second-order valence-corrected chi connectivity index (χ2v) is 8.52. The molecule has 4 rings (SSSR count). The lowest BCUT2D eigenvalue weighted by Crippen LogP contribution is -2.20. The highest BCUT2D eigenvalue weighted by atomic mass is 32.2. The lowest BCUT2D eigenvalue weighted by molar-refractivity contribution is -0.118. The van der Waals surface area contributed by atoms with Crippen LogP contribution in [-0.2, 0) is 20.8 Å². The van der Waals surface area contributed by atoms with E-state index in [0.717, 1.165) is 12.0 Å². The predicted molar refractivity (Wildman–Crippen MR) is 116 cm³/mol. The highest BCUT2D eigenvalue weighted by Crippen LogP contribution is 2.39. The molecule has 2 unspecified atom stereocenters. The summed E-state index contributed by atoms with van der Waals surface area (Å²) in [5.74, 6) is 1.84. The number of ether oxygens (including phenoxy) is 2. The maximum absolute atomic E-state index is 11.4. The number of carbonyl (C=O) groups excluding carboxylic acids is 1. The number of nitrogens with two attached hydrogens (primary N) is 1. The average Bonchev–Trinajstić information content (AvgIpc) is 2.98. The van der Waals surface area contributed by atoms with Crippen LogP contribution in [0.4, 0.5) is 5.82 Å². The van der Waals surface area contributed by atoms with Gasteiger partial charge in [0.15, 0.2) is 22.5 Å². The molecule has 0 bridgehead atoms. The third-order valence-corrected chi connectivity index (χ3v) is 6.45. The van der Waals surface area contributed by atoms with Gasteiger partial charge in [-0.3, -0.25) is 4.79 Å². The Bertz CT molecular complexity index is 991. The fourth-order valence-electron chi connectivity index (χ4n) is 3.52. The quantitative estimate of drug-likeness (QED) is 0.724. The Balaban J connectivity index is 1.68. The van der Waals surface area contributed by atoms with Gasteiger partial charge < -0.3 is 25.2 Å². The highest BCUT2D eigenvalue weighted by molar-refractivity contribution is 8.00. The molecule has 1 saturated heterocycles. The molecule has 0 saturated carbocycles. The maximum Gasteiger partial charge on any atom is 0.219 e. The second-order valence-electron chi connectivity index (χ2n) is 7.41. The zero-order chi connectivity index (χ0) is 21.3. The van der Waals surface area contributed by atoms with Crippen LogP contribution >= 0.6 is 11.8 Å². The molecule has 8 nitrogen and oxygen atoms in total. The zero-order valence-corrected chi connectivity index (χ0v) is 17.7. The first-order valence-electron chi connectivity index (χ1n) is 10.0. The Morgan fingerprint density at radius 1 is 1.40 bits per heavy atom. The largest absolute Gasteiger partial charge is 0.486 e. The number of hydrogen-bond donors (Lipinski definition) is 2. The molecule has 0 radical (unpaired) electrons. The molecule has 1 fully saturated rings. The van der Waals surface area contributed by atoms with Crippen molar-refractivity contribution in [1.82, 2.24) is 9.55 Å². The number of hydrogen-bond acceptors (Lipinski definition) is 7. The Morgan fingerprint density at radius 3 is 2.90 bits per heavy atom. The molecule has 1 aliphatic carbocycles. The standard InChI is InChI=1S/C21H25N5O3S/c1-3-13-9-14(22)19-20(24-11-13)26(5-4-18(23)27)21(25-19)30-17-10-16-15(8-12(17)2)28-6-7-29-16/h8,10-11,13,17,22H,2-7,9H2,1H3,(H2,23,27). The SMILES string of the molecule is C=C1C=C2OCCOC2=CC1Sc1nc2c(n1CCC(N)=O)N=CC(CC)CC2=N. The predicted octanol–water partition coefficient (Wildman–Crippen LogP) is 3.10. The van der Waals surface area contributed by atoms with Gasteiger partial charge in [-0.05, 0) is 36.5 Å². The van der Waals surface area contributed by atoms with E-state index in [2.05, 4.69) is 18.5 Å². The number of carbonyl (C=O) groups is 1. The van der Waals surface area contributed by atoms with Gasteiger partial charge in [0.1, 0.15) is 18.9 Å². The number of aliphatic imine (C=N–C) groups is 1. The van der Waals surface area contributed by atoms with Crippen molar-refractivity contribution in [2.24, 2.45) is 16.6 Å². The first-order chi connectivity index (χ1) is 14.5. The summed E-state index contributed by atoms with van der Waals surface area (Å²) in [4.78, 5) is 20.8. The van der Waals surface area contributed by atoms with E-state index in [4.69, 9.17) is 25.6 Å². The van der Waals surface area contributed by atoms with Crippen molar-refractivity contribution in [3.05, 3.63) is 41.5 Å². The van der Waals surface area contributed by atoms with Crippen LogP contribution in [0.3, 0.4) is 0 Å². The van der Waals surface area contributed by atoms with Crippen LogP contribution in [0.5, 0.6) is 0 Å². The summed E-state index contributed by atoms with van der Waals surface area (Å²) in [5.41, 5.74) is 7.29. The first kappa shape index (κ1) is 20.5. The lowest BCUT2D eigenvalue weighted by Gasteiger charge is -2.27. The van der Waals surface area contributed by atoms with E-state index in [1.165, 1.54) is 11.8 Å². The summed E-state index contributed by atoms with van der Waals surface area (Å²) in [6, 6.07) is 0. The van der Waals surface area contributed by atoms with E-state index in [-0.39, 0.29) is 17.6 Å². The number of fused-ring (bicyclic) bond motifs is 2. The van der Waals surface area contributed by atoms with E-state index < -0.39 is 5.91 Å². The molecule has 3 aliphatic rings. The van der Waals surface area contributed by atoms with Gasteiger partial charge in [0.2, 0.25) is 5.91 Å². The van der Waals surface area contributed by atoms with Gasteiger partial charge in [-0.2, -0.15) is 0 Å². The van der Waals surface area contributed by atoms with Gasteiger partial charge in [0, 0.05) is 19.2 Å². The molecule has 9 heteroatoms. The van der Waals surface area contributed by atoms with Crippen LogP contribution in [0.1, 0.15) is 31.9 Å². The molecule has 30 heavy (non-hydrogen) atoms. The molecular formula is C21H25N5O3S. The number of imidazole rings is 1. The van der Waals surface area contributed by atoms with Crippen LogP contribution in [0.25, 0.3) is 0 Å². The van der Waals surface area contributed by atoms with Crippen LogP contribution in [0.15, 0.2) is 46.0 Å². The normalized spacial score (nSPS) is 22.8. The highest BCUT2D eigenvalue weighted by Gasteiger charge is 2.29. The van der Waals surface area contributed by atoms with Crippen LogP contribution < -0.4 is 5.73 Å². The van der Waals surface area contributed by atoms with Crippen LogP contribution in [0, 0.1) is 11.3 Å². The minimum atomic E-state index is -0.392. The van der Waals surface area contributed by atoms with Crippen molar-refractivity contribution in [2.75, 3.05) is 13.2 Å². The molecule has 3 N–H and O–H groups in total. The van der Waals surface area contributed by atoms with Gasteiger partial charge in [0.25, 0.3) is 0 Å². The fourth-order valence-corrected chi connectivity index (χ4v) is 4.60. The molecule has 158 valence electrons. The number of rotatable bonds is 6. The molecule has 0 spiro atoms. The number of primary amides is 1. The van der Waals surface area contributed by atoms with Crippen molar-refractivity contribution >= 4 is 35.4 Å². The van der Waals surface area contributed by atoms with Crippen LogP contribution in [0.2, 0.25) is 0 Å². The summed E-state index contributed by atoms with van der Waals surface area (Å²) in [5, 5.41) is 9.09. The molecule has 2 aliphatic heterocycles. The average molecular weight is 428 g/mol. The second kappa shape index (κ2) is 8.51. The molecule has 2 atom stereocenters.